The van der Waals surface area contributed by atoms with Crippen LogP contribution in [0.4, 0.5) is 0 Å². The lowest BCUT2D eigenvalue weighted by molar-refractivity contribution is 1.49. The molecule has 0 aromatic carbocycles. The van der Waals surface area contributed by atoms with Crippen LogP contribution in [0, 0.1) is 0 Å². The Labute approximate surface area is 43.6 Å². The van der Waals surface area contributed by atoms with Gasteiger partial charge < -0.3 is 0 Å². The molecule has 0 aliphatic rings. The summed E-state index contributed by atoms with van der Waals surface area (Å²) in [5.41, 5.74) is 0. The van der Waals surface area contributed by atoms with Crippen molar-refractivity contribution in [2.75, 3.05) is 20.4 Å². The molecule has 0 N–H and O–H groups in total. The quantitative estimate of drug-likeness (QED) is 0.441. The van der Waals surface area contributed by atoms with Crippen molar-refractivity contribution in [1.82, 2.24) is 0 Å². The van der Waals surface area contributed by atoms with E-state index < -0.39 is 6.41 Å². The third-order valence-electron chi connectivity index (χ3n) is 0.476. The fourth-order valence-corrected chi connectivity index (χ4v) is 0. The molecular weight excluding hydrogens is 116 g/mol. The molecule has 0 aromatic rings. The fraction of sp³-hybridized carbons (Fsp3) is 1.00. The lowest BCUT2D eigenvalue weighted by Crippen LogP contribution is -1.56. The number of hydrogen-bond donors (Lipinski definition) is 0. The average Bonchev–Trinajstić information content (AvgIpc) is 1.35. The van der Waals surface area contributed by atoms with Crippen LogP contribution in [-0.4, -0.2) is 20.4 Å². The molecule has 0 aliphatic carbocycles. The summed E-state index contributed by atoms with van der Waals surface area (Å²) in [5, 5.41) is 0. The lowest BCUT2D eigenvalue weighted by Gasteiger charge is -1.95. The summed E-state index contributed by atoms with van der Waals surface area (Å²) in [4.78, 5) is 0. The number of rotatable bonds is 0. The molecule has 0 radical (unpaired) electrons. The third-order valence-corrected chi connectivity index (χ3v) is 1.88. The molecule has 0 bridgehead atoms. The zero-order valence-electron chi connectivity index (χ0n) is 4.27. The van der Waals surface area contributed by atoms with Gasteiger partial charge in [0.15, 0.2) is 0 Å². The molecule has 0 spiro atoms. The highest BCUT2D eigenvalue weighted by molar-refractivity contribution is 7.89. The van der Waals surface area contributed by atoms with Crippen molar-refractivity contribution in [1.29, 1.82) is 0 Å². The van der Waals surface area contributed by atoms with Crippen molar-refractivity contribution in [3.63, 3.8) is 0 Å². The van der Waals surface area contributed by atoms with Gasteiger partial charge in [0.1, 0.15) is 0 Å². The lowest BCUT2D eigenvalue weighted by atomic mass is 11.6. The maximum atomic E-state index is 5.66. The number of nitrogens with zero attached hydrogens (tertiary/aromatic N) is 1. The summed E-state index contributed by atoms with van der Waals surface area (Å²) in [5.74, 6) is 0. The number of halogens is 1. The zero-order valence-corrected chi connectivity index (χ0v) is 5.92. The van der Waals surface area contributed by atoms with Gasteiger partial charge in [-0.05, 0) is 13.3 Å². The van der Waals surface area contributed by atoms with Gasteiger partial charge in [-0.25, -0.2) is 0 Å². The molecular formula is C3H9ClNP. The maximum absolute atomic E-state index is 5.66. The Hall–Kier alpha value is 0.520. The van der Waals surface area contributed by atoms with Gasteiger partial charge in [0, 0.05) is 13.5 Å². The smallest absolute Gasteiger partial charge is 0.0487 e. The second-order valence-corrected chi connectivity index (χ2v) is 6.86. The van der Waals surface area contributed by atoms with Crippen molar-refractivity contribution in [2.24, 2.45) is 4.74 Å². The first-order chi connectivity index (χ1) is 2.56. The van der Waals surface area contributed by atoms with Crippen molar-refractivity contribution in [2.45, 2.75) is 0 Å². The van der Waals surface area contributed by atoms with Crippen LogP contribution < -0.4 is 0 Å². The Morgan fingerprint density at radius 2 is 1.67 bits per heavy atom. The van der Waals surface area contributed by atoms with Crippen LogP contribution in [0.1, 0.15) is 0 Å². The van der Waals surface area contributed by atoms with Crippen molar-refractivity contribution < 1.29 is 0 Å². The summed E-state index contributed by atoms with van der Waals surface area (Å²) in [7, 11) is 1.75. The van der Waals surface area contributed by atoms with E-state index in [0.717, 1.165) is 0 Å². The van der Waals surface area contributed by atoms with Crippen LogP contribution in [0.3, 0.4) is 0 Å². The van der Waals surface area contributed by atoms with Gasteiger partial charge in [-0.2, -0.15) is 0 Å². The summed E-state index contributed by atoms with van der Waals surface area (Å²) in [6, 6.07) is 0. The largest absolute Gasteiger partial charge is 0.292 e. The predicted molar refractivity (Wildman–Crippen MR) is 33.0 cm³/mol. The Morgan fingerprint density at radius 1 is 1.50 bits per heavy atom. The van der Waals surface area contributed by atoms with Gasteiger partial charge in [-0.3, -0.25) is 4.74 Å². The minimum Gasteiger partial charge on any atom is -0.292 e. The second kappa shape index (κ2) is 1.99. The van der Waals surface area contributed by atoms with Crippen LogP contribution in [0.2, 0.25) is 0 Å². The van der Waals surface area contributed by atoms with Crippen molar-refractivity contribution in [3.8, 4) is 0 Å². The van der Waals surface area contributed by atoms with Crippen LogP contribution in [0.5, 0.6) is 0 Å². The van der Waals surface area contributed by atoms with E-state index in [0.29, 0.717) is 0 Å². The minimum atomic E-state index is -1.30. The Morgan fingerprint density at radius 3 is 1.67 bits per heavy atom. The summed E-state index contributed by atoms with van der Waals surface area (Å²) < 4.78 is 3.90. The standard InChI is InChI=1S/C3H9ClNP/c1-5-6(2,3)4/h1-3H3. The molecule has 0 atom stereocenters. The highest BCUT2D eigenvalue weighted by atomic mass is 35.7. The molecule has 0 saturated carbocycles. The normalized spacial score (nSPS) is 11.3. The van der Waals surface area contributed by atoms with Gasteiger partial charge in [-0.1, -0.05) is 11.2 Å². The summed E-state index contributed by atoms with van der Waals surface area (Å²) in [6.45, 7) is 3.91. The van der Waals surface area contributed by atoms with E-state index >= 15 is 0 Å². The average molecular weight is 126 g/mol. The van der Waals surface area contributed by atoms with E-state index in [9.17, 15) is 0 Å². The molecule has 0 fully saturated rings. The van der Waals surface area contributed by atoms with Crippen LogP contribution in [0.25, 0.3) is 0 Å². The van der Waals surface area contributed by atoms with Gasteiger partial charge in [0.05, 0.1) is 0 Å². The van der Waals surface area contributed by atoms with Crippen LogP contribution in [-0.2, 0) is 0 Å². The summed E-state index contributed by atoms with van der Waals surface area (Å²) >= 11 is 5.66. The van der Waals surface area contributed by atoms with E-state index in [2.05, 4.69) is 4.74 Å². The zero-order chi connectivity index (χ0) is 5.21. The Bertz CT molecular complexity index is 74.5. The van der Waals surface area contributed by atoms with Crippen molar-refractivity contribution in [3.05, 3.63) is 0 Å². The topological polar surface area (TPSA) is 12.4 Å². The van der Waals surface area contributed by atoms with Gasteiger partial charge in [0.2, 0.25) is 0 Å². The monoisotopic (exact) mass is 125 g/mol. The van der Waals surface area contributed by atoms with Crippen molar-refractivity contribution >= 4 is 17.6 Å². The fourth-order valence-electron chi connectivity index (χ4n) is 0. The first-order valence-corrected chi connectivity index (χ1v) is 5.25. The third kappa shape index (κ3) is 4.52. The van der Waals surface area contributed by atoms with E-state index in [1.54, 1.807) is 7.05 Å². The molecule has 0 amide bonds. The van der Waals surface area contributed by atoms with Gasteiger partial charge in [-0.15, -0.1) is 0 Å². The van der Waals surface area contributed by atoms with Gasteiger partial charge >= 0.3 is 0 Å². The molecule has 1 nitrogen and oxygen atoms in total. The summed E-state index contributed by atoms with van der Waals surface area (Å²) in [6.07, 6.45) is -1.30. The molecule has 0 rings (SSSR count). The Balaban J connectivity index is 3.79. The first kappa shape index (κ1) is 6.52. The van der Waals surface area contributed by atoms with E-state index in [1.807, 2.05) is 13.3 Å². The van der Waals surface area contributed by atoms with Crippen LogP contribution in [0.15, 0.2) is 4.74 Å². The highest BCUT2D eigenvalue weighted by Gasteiger charge is 1.90. The first-order valence-electron chi connectivity index (χ1n) is 1.71. The number of hydrogen-bond acceptors (Lipinski definition) is 1. The Kier molecular flexibility index (Phi) is 2.17. The predicted octanol–water partition coefficient (Wildman–Crippen LogP) is 2.23. The second-order valence-electron chi connectivity index (χ2n) is 1.46. The minimum absolute atomic E-state index is 1.30. The molecule has 38 valence electrons. The van der Waals surface area contributed by atoms with E-state index in [-0.39, 0.29) is 0 Å². The molecule has 3 heteroatoms. The van der Waals surface area contributed by atoms with E-state index in [1.165, 1.54) is 0 Å². The van der Waals surface area contributed by atoms with Gasteiger partial charge in [0.25, 0.3) is 0 Å². The molecule has 0 unspecified atom stereocenters. The molecule has 0 heterocycles. The highest BCUT2D eigenvalue weighted by Crippen LogP contribution is 2.45. The van der Waals surface area contributed by atoms with E-state index in [4.69, 9.17) is 11.2 Å². The molecule has 0 saturated heterocycles. The molecule has 0 aliphatic heterocycles. The molecule has 0 aromatic heterocycles. The molecule has 6 heavy (non-hydrogen) atoms. The maximum Gasteiger partial charge on any atom is 0.0487 e. The van der Waals surface area contributed by atoms with Crippen LogP contribution >= 0.6 is 17.6 Å². The SMILES string of the molecule is CN=P(C)(C)Cl.